The molecule has 662 valence electrons. The molecular weight excluding hydrogens is 1590 g/mol. The first kappa shape index (κ1) is 91.3. The number of esters is 3. The molecule has 5 heterocycles. The van der Waals surface area contributed by atoms with Gasteiger partial charge in [0.1, 0.15) is 50.0 Å². The van der Waals surface area contributed by atoms with Crippen LogP contribution in [0.25, 0.3) is 0 Å². The SMILES string of the molecule is CC1O[C@@H](O[C@@H]2C(OC(=O)c3ccccc3)[C@H](O[C@@H]3C(COCc4ccccc4)O[C@H](OC4[C@@H](OCN(Cc5ccccc5)C(=O)OCc5ccccc5)OC(COCc5ccccc5)[C@@H](C)[C@@H]4C)C(OCc4ccccc4)[C@H]3O[C@@H]3OC(C)[C@H](C)C(C)[C@@H]3OC(=O)c3ccccc3)OC(COCc3ccccc3)[C@H]2C)[C@@H](OC(=O)c2ccccc2)C(C)[C@H]1C. The highest BCUT2D eigenvalue weighted by Crippen LogP contribution is 2.45. The predicted octanol–water partition coefficient (Wildman–Crippen LogP) is 17.4. The summed E-state index contributed by atoms with van der Waals surface area (Å²) in [4.78, 5) is 61.0. The largest absolute Gasteiger partial charge is 0.453 e. The third-order valence-corrected chi connectivity index (χ3v) is 25.0. The smallest absolute Gasteiger partial charge is 0.412 e. The van der Waals surface area contributed by atoms with Crippen LogP contribution in [0.1, 0.15) is 127 Å². The Hall–Kier alpha value is -9.90. The van der Waals surface area contributed by atoms with Gasteiger partial charge < -0.3 is 85.3 Å². The van der Waals surface area contributed by atoms with E-state index in [-0.39, 0.29) is 88.8 Å². The Morgan fingerprint density at radius 1 is 0.272 bits per heavy atom. The van der Waals surface area contributed by atoms with Crippen molar-refractivity contribution in [3.63, 3.8) is 0 Å². The lowest BCUT2D eigenvalue weighted by molar-refractivity contribution is -0.404. The molecule has 14 rings (SSSR count). The number of amides is 1. The number of rotatable bonds is 36. The minimum atomic E-state index is -1.66. The summed E-state index contributed by atoms with van der Waals surface area (Å²) in [5.41, 5.74) is 5.88. The van der Waals surface area contributed by atoms with E-state index >= 15 is 4.79 Å². The van der Waals surface area contributed by atoms with Gasteiger partial charge in [-0.15, -0.1) is 0 Å². The Balaban J connectivity index is 0.909. The quantitative estimate of drug-likeness (QED) is 0.0201. The fourth-order valence-electron chi connectivity index (χ4n) is 16.6. The molecule has 23 nitrogen and oxygen atoms in total. The van der Waals surface area contributed by atoms with Crippen molar-refractivity contribution in [2.45, 2.75) is 213 Å². The molecule has 5 aliphatic heterocycles. The molecule has 0 saturated carbocycles. The first-order valence-corrected chi connectivity index (χ1v) is 43.7. The molecule has 5 fully saturated rings. The van der Waals surface area contributed by atoms with E-state index in [9.17, 15) is 14.4 Å². The van der Waals surface area contributed by atoms with Crippen LogP contribution in [-0.2, 0) is 125 Å². The van der Waals surface area contributed by atoms with Crippen molar-refractivity contribution in [2.75, 3.05) is 26.6 Å². The summed E-state index contributed by atoms with van der Waals surface area (Å²) in [7, 11) is 0. The standard InChI is InChI=1S/C102H117NO22/c1-65-68(4)88(119-94(104)80-49-31-16-32-50-80)98(114-72(65)8)122-86-71(7)84(62-109-57-76-41-23-12-24-42-76)117-101(93(86)121-96(106)82-53-35-18-36-54-82)124-90-85(63-110-58-77-43-25-13-26-44-77)118-100(92(111-59-78-45-27-14-28-46-78)91(90)125-99-89(69(5)66(2)73(9)115-99)120-95(105)81-51-33-17-34-52-81)123-87-70(6)67(3)83(61-108-56-75-39-21-11-22-40-75)116-97(87)113-64-103(55-74-37-19-10-20-38-74)102(107)112-60-79-47-29-15-30-48-79/h10-54,65-73,83-93,97-101H,55-64H2,1-9H3/t65-,66-,67+,68?,69?,70+,71-,72?,73?,83?,84?,85?,86+,87?,88+,89+,90-,91+,92?,93?,97+,98+,99+,100-,101+/m1/s1. The molecule has 5 saturated heterocycles. The van der Waals surface area contributed by atoms with Crippen LogP contribution in [0, 0.1) is 41.4 Å². The Morgan fingerprint density at radius 2 is 0.592 bits per heavy atom. The van der Waals surface area contributed by atoms with E-state index < -0.39 is 153 Å². The third kappa shape index (κ3) is 24.3. The average Bonchev–Trinajstić information content (AvgIpc) is 0.750. The maximum atomic E-state index is 15.5. The van der Waals surface area contributed by atoms with Crippen molar-refractivity contribution in [1.29, 1.82) is 0 Å². The van der Waals surface area contributed by atoms with E-state index in [4.69, 9.17) is 85.3 Å². The minimum absolute atomic E-state index is 0.00971. The molecule has 1 amide bonds. The highest BCUT2D eigenvalue weighted by atomic mass is 16.8. The molecule has 9 aromatic carbocycles. The van der Waals surface area contributed by atoms with Crippen LogP contribution in [0.2, 0.25) is 0 Å². The molecule has 9 aromatic rings. The van der Waals surface area contributed by atoms with Gasteiger partial charge in [-0.2, -0.15) is 0 Å². The lowest BCUT2D eigenvalue weighted by Crippen LogP contribution is -2.68. The van der Waals surface area contributed by atoms with Gasteiger partial charge >= 0.3 is 24.0 Å². The molecular formula is C102H117NO22. The van der Waals surface area contributed by atoms with Gasteiger partial charge in [-0.1, -0.05) is 285 Å². The maximum absolute atomic E-state index is 15.5. The van der Waals surface area contributed by atoms with Crippen LogP contribution in [0.3, 0.4) is 0 Å². The van der Waals surface area contributed by atoms with E-state index in [1.807, 2.05) is 243 Å². The topological polar surface area (TPSA) is 238 Å². The lowest BCUT2D eigenvalue weighted by atomic mass is 9.83. The summed E-state index contributed by atoms with van der Waals surface area (Å²) in [5.74, 6) is -4.55. The fraction of sp³-hybridized carbons (Fsp3) is 0.431. The molecule has 0 radical (unpaired) electrons. The number of nitrogens with zero attached hydrogens (tertiary/aromatic N) is 1. The summed E-state index contributed by atoms with van der Waals surface area (Å²) >= 11 is 0. The lowest BCUT2D eigenvalue weighted by Gasteiger charge is -2.53. The van der Waals surface area contributed by atoms with Gasteiger partial charge in [-0.25, -0.2) is 19.2 Å². The molecule has 0 bridgehead atoms. The predicted molar refractivity (Wildman–Crippen MR) is 463 cm³/mol. The van der Waals surface area contributed by atoms with E-state index in [0.717, 1.165) is 33.4 Å². The van der Waals surface area contributed by atoms with Crippen molar-refractivity contribution >= 4 is 24.0 Å². The van der Waals surface area contributed by atoms with Gasteiger partial charge in [0.25, 0.3) is 0 Å². The normalized spacial score (nSPS) is 29.8. The molecule has 23 heteroatoms. The molecule has 0 aromatic heterocycles. The number of hydrogen-bond donors (Lipinski definition) is 0. The molecule has 10 unspecified atom stereocenters. The van der Waals surface area contributed by atoms with E-state index in [1.54, 1.807) is 78.9 Å². The van der Waals surface area contributed by atoms with Gasteiger partial charge in [0.2, 0.25) is 0 Å². The summed E-state index contributed by atoms with van der Waals surface area (Å²) in [5, 5.41) is 0. The van der Waals surface area contributed by atoms with E-state index in [0.29, 0.717) is 17.7 Å². The Kier molecular flexibility index (Phi) is 32.9. The van der Waals surface area contributed by atoms with Crippen molar-refractivity contribution in [2.24, 2.45) is 41.4 Å². The molecule has 0 spiro atoms. The number of ether oxygens (including phenoxy) is 18. The van der Waals surface area contributed by atoms with Crippen molar-refractivity contribution in [1.82, 2.24) is 4.90 Å². The van der Waals surface area contributed by atoms with Crippen LogP contribution >= 0.6 is 0 Å². The van der Waals surface area contributed by atoms with Crippen LogP contribution < -0.4 is 0 Å². The van der Waals surface area contributed by atoms with Gasteiger partial charge in [0, 0.05) is 17.8 Å². The zero-order valence-corrected chi connectivity index (χ0v) is 72.4. The highest BCUT2D eigenvalue weighted by molar-refractivity contribution is 5.90. The zero-order chi connectivity index (χ0) is 87.1. The van der Waals surface area contributed by atoms with Crippen molar-refractivity contribution in [3.8, 4) is 0 Å². The number of hydrogen-bond acceptors (Lipinski definition) is 22. The Bertz CT molecular complexity index is 4730. The van der Waals surface area contributed by atoms with E-state index in [1.165, 1.54) is 4.90 Å². The first-order valence-electron chi connectivity index (χ1n) is 43.7. The summed E-state index contributed by atoms with van der Waals surface area (Å²) in [6.07, 6.45) is -21.8. The van der Waals surface area contributed by atoms with Crippen molar-refractivity contribution < 1.29 is 104 Å². The Labute approximate surface area is 733 Å². The fourth-order valence-corrected chi connectivity index (χ4v) is 16.6. The zero-order valence-electron chi connectivity index (χ0n) is 72.4. The van der Waals surface area contributed by atoms with Gasteiger partial charge in [-0.05, 0) is 107 Å². The summed E-state index contributed by atoms with van der Waals surface area (Å²) in [6, 6.07) is 83.9. The second kappa shape index (κ2) is 45.0. The van der Waals surface area contributed by atoms with Crippen LogP contribution in [0.5, 0.6) is 0 Å². The molecule has 25 atom stereocenters. The Morgan fingerprint density at radius 3 is 1.03 bits per heavy atom. The van der Waals surface area contributed by atoms with Crippen LogP contribution in [0.15, 0.2) is 273 Å². The van der Waals surface area contributed by atoms with E-state index in [2.05, 4.69) is 13.8 Å². The van der Waals surface area contributed by atoms with Gasteiger partial charge in [-0.3, -0.25) is 4.90 Å². The monoisotopic (exact) mass is 1710 g/mol. The second-order valence-corrected chi connectivity index (χ2v) is 33.5. The third-order valence-electron chi connectivity index (χ3n) is 25.0. The first-order chi connectivity index (χ1) is 60.9. The minimum Gasteiger partial charge on any atom is -0.453 e. The van der Waals surface area contributed by atoms with Gasteiger partial charge in [0.05, 0.1) is 93.9 Å². The van der Waals surface area contributed by atoms with Crippen LogP contribution in [-0.4, -0.2) is 166 Å². The number of carbonyl (C=O) groups excluding carboxylic acids is 4. The second-order valence-electron chi connectivity index (χ2n) is 33.5. The van der Waals surface area contributed by atoms with Crippen LogP contribution in [0.4, 0.5) is 4.79 Å². The molecule has 0 aliphatic carbocycles. The average molecular weight is 1710 g/mol. The van der Waals surface area contributed by atoms with Crippen molar-refractivity contribution in [3.05, 3.63) is 323 Å². The number of benzene rings is 9. The highest BCUT2D eigenvalue weighted by Gasteiger charge is 2.59. The molecule has 5 aliphatic rings. The summed E-state index contributed by atoms with van der Waals surface area (Å²) in [6.45, 7) is 18.1. The maximum Gasteiger partial charge on any atom is 0.412 e. The molecule has 0 N–H and O–H groups in total. The molecule has 125 heavy (non-hydrogen) atoms. The van der Waals surface area contributed by atoms with Gasteiger partial charge in [0.15, 0.2) is 49.8 Å². The summed E-state index contributed by atoms with van der Waals surface area (Å²) < 4.78 is 129. The number of carbonyl (C=O) groups is 4.